The van der Waals surface area contributed by atoms with Crippen molar-refractivity contribution in [3.63, 3.8) is 0 Å². The standard InChI is InChI=1S/C15H13N3O2S/c1-9-13(21-8-17-9)7-16-14-6-5-10-11(15(19)20)3-2-4-12(10)18-14/h2-6,8H,7H2,1H3,(H,16,18)(H,19,20). The van der Waals surface area contributed by atoms with Gasteiger partial charge in [-0.05, 0) is 31.2 Å². The third kappa shape index (κ3) is 2.71. The molecule has 0 amide bonds. The first-order chi connectivity index (χ1) is 10.1. The summed E-state index contributed by atoms with van der Waals surface area (Å²) in [5.41, 5.74) is 3.77. The molecule has 0 aliphatic carbocycles. The minimum atomic E-state index is -0.941. The van der Waals surface area contributed by atoms with E-state index in [1.165, 1.54) is 0 Å². The lowest BCUT2D eigenvalue weighted by molar-refractivity contribution is 0.0699. The third-order valence-electron chi connectivity index (χ3n) is 3.24. The molecule has 0 bridgehead atoms. The predicted octanol–water partition coefficient (Wildman–Crippen LogP) is 3.31. The van der Waals surface area contributed by atoms with Gasteiger partial charge >= 0.3 is 5.97 Å². The fourth-order valence-electron chi connectivity index (χ4n) is 2.11. The van der Waals surface area contributed by atoms with Crippen molar-refractivity contribution in [1.82, 2.24) is 9.97 Å². The second-order valence-electron chi connectivity index (χ2n) is 4.59. The molecular formula is C15H13N3O2S. The molecule has 1 aromatic carbocycles. The highest BCUT2D eigenvalue weighted by molar-refractivity contribution is 7.09. The molecule has 0 saturated carbocycles. The Labute approximate surface area is 125 Å². The van der Waals surface area contributed by atoms with Gasteiger partial charge in [-0.3, -0.25) is 0 Å². The van der Waals surface area contributed by atoms with Crippen molar-refractivity contribution in [3.05, 3.63) is 52.0 Å². The Morgan fingerprint density at radius 2 is 2.19 bits per heavy atom. The zero-order chi connectivity index (χ0) is 14.8. The number of aromatic nitrogens is 2. The first kappa shape index (κ1) is 13.5. The van der Waals surface area contributed by atoms with E-state index in [2.05, 4.69) is 15.3 Å². The van der Waals surface area contributed by atoms with Crippen LogP contribution in [-0.4, -0.2) is 21.0 Å². The van der Waals surface area contributed by atoms with E-state index < -0.39 is 5.97 Å². The number of aromatic carboxylic acids is 1. The molecule has 6 heteroatoms. The topological polar surface area (TPSA) is 75.1 Å². The molecule has 106 valence electrons. The van der Waals surface area contributed by atoms with Gasteiger partial charge in [0.1, 0.15) is 5.82 Å². The van der Waals surface area contributed by atoms with E-state index in [1.54, 1.807) is 35.6 Å². The van der Waals surface area contributed by atoms with Gasteiger partial charge in [0, 0.05) is 10.3 Å². The molecule has 0 spiro atoms. The number of aryl methyl sites for hydroxylation is 1. The number of carboxylic acid groups (broad SMARTS) is 1. The maximum absolute atomic E-state index is 11.2. The number of rotatable bonds is 4. The SMILES string of the molecule is Cc1ncsc1CNc1ccc2c(C(=O)O)cccc2n1. The van der Waals surface area contributed by atoms with Crippen LogP contribution in [0.2, 0.25) is 0 Å². The fourth-order valence-corrected chi connectivity index (χ4v) is 2.82. The predicted molar refractivity (Wildman–Crippen MR) is 82.9 cm³/mol. The largest absolute Gasteiger partial charge is 0.478 e. The molecular weight excluding hydrogens is 286 g/mol. The minimum absolute atomic E-state index is 0.268. The van der Waals surface area contributed by atoms with Crippen LogP contribution in [0.15, 0.2) is 35.8 Å². The number of benzene rings is 1. The van der Waals surface area contributed by atoms with E-state index in [4.69, 9.17) is 5.11 Å². The van der Waals surface area contributed by atoms with Crippen LogP contribution < -0.4 is 5.32 Å². The molecule has 0 atom stereocenters. The van der Waals surface area contributed by atoms with Gasteiger partial charge in [0.2, 0.25) is 0 Å². The Hall–Kier alpha value is -2.47. The molecule has 0 radical (unpaired) electrons. The van der Waals surface area contributed by atoms with Crippen molar-refractivity contribution >= 4 is 34.0 Å². The van der Waals surface area contributed by atoms with Crippen molar-refractivity contribution < 1.29 is 9.90 Å². The van der Waals surface area contributed by atoms with E-state index >= 15 is 0 Å². The van der Waals surface area contributed by atoms with E-state index in [-0.39, 0.29) is 5.56 Å². The van der Waals surface area contributed by atoms with E-state index in [1.807, 2.05) is 18.5 Å². The number of fused-ring (bicyclic) bond motifs is 1. The van der Waals surface area contributed by atoms with Crippen molar-refractivity contribution in [3.8, 4) is 0 Å². The van der Waals surface area contributed by atoms with Gasteiger partial charge in [-0.1, -0.05) is 6.07 Å². The minimum Gasteiger partial charge on any atom is -0.478 e. The first-order valence-electron chi connectivity index (χ1n) is 6.41. The van der Waals surface area contributed by atoms with Crippen LogP contribution in [0.25, 0.3) is 10.9 Å². The van der Waals surface area contributed by atoms with Crippen molar-refractivity contribution in [1.29, 1.82) is 0 Å². The lowest BCUT2D eigenvalue weighted by atomic mass is 10.1. The lowest BCUT2D eigenvalue weighted by Gasteiger charge is -2.07. The highest BCUT2D eigenvalue weighted by Gasteiger charge is 2.09. The highest BCUT2D eigenvalue weighted by Crippen LogP contribution is 2.20. The molecule has 0 unspecified atom stereocenters. The van der Waals surface area contributed by atoms with Crippen molar-refractivity contribution in [2.24, 2.45) is 0 Å². The fraction of sp³-hybridized carbons (Fsp3) is 0.133. The second-order valence-corrected chi connectivity index (χ2v) is 5.53. The Morgan fingerprint density at radius 1 is 1.33 bits per heavy atom. The molecule has 2 aromatic heterocycles. The summed E-state index contributed by atoms with van der Waals surface area (Å²) >= 11 is 1.60. The summed E-state index contributed by atoms with van der Waals surface area (Å²) in [6, 6.07) is 8.68. The number of pyridine rings is 1. The molecule has 2 heterocycles. The number of carboxylic acids is 1. The number of thiazole rings is 1. The van der Waals surface area contributed by atoms with Crippen LogP contribution in [0.4, 0.5) is 5.82 Å². The monoisotopic (exact) mass is 299 g/mol. The average molecular weight is 299 g/mol. The van der Waals surface area contributed by atoms with Crippen LogP contribution in [0.3, 0.4) is 0 Å². The molecule has 3 rings (SSSR count). The summed E-state index contributed by atoms with van der Waals surface area (Å²) in [7, 11) is 0. The number of hydrogen-bond acceptors (Lipinski definition) is 5. The highest BCUT2D eigenvalue weighted by atomic mass is 32.1. The van der Waals surface area contributed by atoms with Gasteiger partial charge in [0.15, 0.2) is 0 Å². The molecule has 5 nitrogen and oxygen atoms in total. The summed E-state index contributed by atoms with van der Waals surface area (Å²) in [4.78, 5) is 21.0. The Balaban J connectivity index is 1.88. The number of nitrogens with one attached hydrogen (secondary N) is 1. The summed E-state index contributed by atoms with van der Waals surface area (Å²) < 4.78 is 0. The maximum Gasteiger partial charge on any atom is 0.336 e. The van der Waals surface area contributed by atoms with Crippen molar-refractivity contribution in [2.45, 2.75) is 13.5 Å². The van der Waals surface area contributed by atoms with E-state index in [0.717, 1.165) is 16.4 Å². The van der Waals surface area contributed by atoms with Crippen LogP contribution in [-0.2, 0) is 6.54 Å². The number of anilines is 1. The molecule has 3 aromatic rings. The Bertz CT molecular complexity index is 814. The van der Waals surface area contributed by atoms with E-state index in [0.29, 0.717) is 17.4 Å². The lowest BCUT2D eigenvalue weighted by Crippen LogP contribution is -2.02. The smallest absolute Gasteiger partial charge is 0.336 e. The van der Waals surface area contributed by atoms with Crippen LogP contribution in [0, 0.1) is 6.92 Å². The third-order valence-corrected chi connectivity index (χ3v) is 4.17. The zero-order valence-corrected chi connectivity index (χ0v) is 12.1. The van der Waals surface area contributed by atoms with Gasteiger partial charge in [0.25, 0.3) is 0 Å². The summed E-state index contributed by atoms with van der Waals surface area (Å²) in [6.07, 6.45) is 0. The van der Waals surface area contributed by atoms with Crippen LogP contribution >= 0.6 is 11.3 Å². The molecule has 0 saturated heterocycles. The first-order valence-corrected chi connectivity index (χ1v) is 7.29. The van der Waals surface area contributed by atoms with Gasteiger partial charge in [0.05, 0.1) is 28.8 Å². The Kier molecular flexibility index (Phi) is 3.53. The van der Waals surface area contributed by atoms with Crippen LogP contribution in [0.1, 0.15) is 20.9 Å². The quantitative estimate of drug-likeness (QED) is 0.773. The molecule has 0 aliphatic heterocycles. The summed E-state index contributed by atoms with van der Waals surface area (Å²) in [6.45, 7) is 2.63. The number of carbonyl (C=O) groups is 1. The van der Waals surface area contributed by atoms with Gasteiger partial charge in [-0.15, -0.1) is 11.3 Å². The van der Waals surface area contributed by atoms with Crippen molar-refractivity contribution in [2.75, 3.05) is 5.32 Å². The van der Waals surface area contributed by atoms with Gasteiger partial charge in [-0.2, -0.15) is 0 Å². The molecule has 2 N–H and O–H groups in total. The molecule has 0 aliphatic rings. The van der Waals surface area contributed by atoms with Crippen LogP contribution in [0.5, 0.6) is 0 Å². The molecule has 0 fully saturated rings. The van der Waals surface area contributed by atoms with E-state index in [9.17, 15) is 4.79 Å². The summed E-state index contributed by atoms with van der Waals surface area (Å²) in [5, 5.41) is 13.0. The Morgan fingerprint density at radius 3 is 2.90 bits per heavy atom. The second kappa shape index (κ2) is 5.49. The maximum atomic E-state index is 11.2. The van der Waals surface area contributed by atoms with Gasteiger partial charge in [-0.25, -0.2) is 14.8 Å². The van der Waals surface area contributed by atoms with Gasteiger partial charge < -0.3 is 10.4 Å². The zero-order valence-electron chi connectivity index (χ0n) is 11.3. The molecule has 21 heavy (non-hydrogen) atoms. The summed E-state index contributed by atoms with van der Waals surface area (Å²) in [5.74, 6) is -0.221. The normalized spacial score (nSPS) is 10.7. The average Bonchev–Trinajstić information content (AvgIpc) is 2.89. The number of hydrogen-bond donors (Lipinski definition) is 2. The number of nitrogens with zero attached hydrogens (tertiary/aromatic N) is 2.